The number of benzene rings is 1. The van der Waals surface area contributed by atoms with Gasteiger partial charge in [0.15, 0.2) is 6.61 Å². The summed E-state index contributed by atoms with van der Waals surface area (Å²) in [6.45, 7) is 0.480. The van der Waals surface area contributed by atoms with E-state index in [2.05, 4.69) is 15.0 Å². The van der Waals surface area contributed by atoms with Gasteiger partial charge < -0.3 is 20.5 Å². The van der Waals surface area contributed by atoms with Gasteiger partial charge >= 0.3 is 5.97 Å². The molecule has 0 fully saturated rings. The van der Waals surface area contributed by atoms with Crippen LogP contribution in [0.3, 0.4) is 0 Å². The van der Waals surface area contributed by atoms with E-state index in [9.17, 15) is 9.59 Å². The van der Waals surface area contributed by atoms with Crippen LogP contribution in [0.5, 0.6) is 5.75 Å². The van der Waals surface area contributed by atoms with Gasteiger partial charge in [-0.25, -0.2) is 9.78 Å². The second-order valence-corrected chi connectivity index (χ2v) is 5.47. The van der Waals surface area contributed by atoms with Gasteiger partial charge in [0.1, 0.15) is 16.5 Å². The number of nitrogens with zero attached hydrogens (tertiary/aromatic N) is 1. The third-order valence-corrected chi connectivity index (χ3v) is 3.77. The van der Waals surface area contributed by atoms with Gasteiger partial charge in [-0.2, -0.15) is 0 Å². The number of nitrogens with one attached hydrogen (secondary N) is 1. The molecule has 23 heavy (non-hydrogen) atoms. The number of hydrogen-bond donors (Lipinski definition) is 2. The van der Waals surface area contributed by atoms with Crippen LogP contribution in [0.15, 0.2) is 29.6 Å². The van der Waals surface area contributed by atoms with E-state index in [-0.39, 0.29) is 12.5 Å². The Morgan fingerprint density at radius 2 is 2.22 bits per heavy atom. The van der Waals surface area contributed by atoms with E-state index in [1.807, 2.05) is 6.07 Å². The highest BCUT2D eigenvalue weighted by Crippen LogP contribution is 2.14. The highest BCUT2D eigenvalue weighted by Gasteiger charge is 2.10. The summed E-state index contributed by atoms with van der Waals surface area (Å²) in [7, 11) is 1.30. The number of nitrogens with two attached hydrogens (primary N) is 1. The lowest BCUT2D eigenvalue weighted by atomic mass is 10.2. The molecule has 8 heteroatoms. The number of methoxy groups -OCH3 is 1. The minimum Gasteiger partial charge on any atom is -0.482 e. The summed E-state index contributed by atoms with van der Waals surface area (Å²) in [5.41, 5.74) is 6.67. The quantitative estimate of drug-likeness (QED) is 0.734. The molecule has 0 aliphatic heterocycles. The second-order valence-electron chi connectivity index (χ2n) is 4.53. The molecular formula is C15H17N3O4S. The third-order valence-electron chi connectivity index (χ3n) is 2.89. The number of aromatic nitrogens is 1. The molecule has 2 aromatic rings. The molecule has 0 bridgehead atoms. The van der Waals surface area contributed by atoms with E-state index < -0.39 is 5.97 Å². The van der Waals surface area contributed by atoms with E-state index in [4.69, 9.17) is 10.5 Å². The van der Waals surface area contributed by atoms with Crippen LogP contribution in [0.4, 0.5) is 0 Å². The summed E-state index contributed by atoms with van der Waals surface area (Å²) in [5, 5.41) is 5.16. The topological polar surface area (TPSA) is 104 Å². The van der Waals surface area contributed by atoms with Gasteiger partial charge in [0.2, 0.25) is 0 Å². The molecule has 0 radical (unpaired) electrons. The molecule has 1 aromatic carbocycles. The van der Waals surface area contributed by atoms with Gasteiger partial charge in [-0.05, 0) is 17.7 Å². The zero-order valence-electron chi connectivity index (χ0n) is 12.6. The van der Waals surface area contributed by atoms with Gasteiger partial charge in [0.05, 0.1) is 7.11 Å². The Labute approximate surface area is 137 Å². The normalized spacial score (nSPS) is 10.2. The van der Waals surface area contributed by atoms with Gasteiger partial charge in [-0.15, -0.1) is 11.3 Å². The van der Waals surface area contributed by atoms with Crippen LogP contribution >= 0.6 is 11.3 Å². The monoisotopic (exact) mass is 335 g/mol. The van der Waals surface area contributed by atoms with Crippen molar-refractivity contribution in [3.63, 3.8) is 0 Å². The van der Waals surface area contributed by atoms with Crippen molar-refractivity contribution in [2.75, 3.05) is 13.7 Å². The van der Waals surface area contributed by atoms with Crippen LogP contribution in [0, 0.1) is 0 Å². The first-order chi connectivity index (χ1) is 11.1. The predicted molar refractivity (Wildman–Crippen MR) is 85.1 cm³/mol. The number of hydrogen-bond acceptors (Lipinski definition) is 7. The zero-order valence-corrected chi connectivity index (χ0v) is 13.4. The van der Waals surface area contributed by atoms with E-state index in [0.29, 0.717) is 29.5 Å². The van der Waals surface area contributed by atoms with E-state index in [0.717, 1.165) is 5.56 Å². The molecule has 0 atom stereocenters. The highest BCUT2D eigenvalue weighted by atomic mass is 32.1. The molecule has 3 N–H and O–H groups in total. The molecule has 0 aliphatic rings. The number of ether oxygens (including phenoxy) is 2. The number of esters is 1. The Balaban J connectivity index is 1.90. The molecule has 122 valence electrons. The lowest BCUT2D eigenvalue weighted by Gasteiger charge is -2.08. The molecule has 1 heterocycles. The fraction of sp³-hybridized carbons (Fsp3) is 0.267. The van der Waals surface area contributed by atoms with Crippen LogP contribution in [0.25, 0.3) is 0 Å². The van der Waals surface area contributed by atoms with Crippen LogP contribution in [0.2, 0.25) is 0 Å². The summed E-state index contributed by atoms with van der Waals surface area (Å²) in [6, 6.07) is 7.10. The lowest BCUT2D eigenvalue weighted by molar-refractivity contribution is -0.142. The molecule has 1 amide bonds. The standard InChI is InChI=1S/C15H17N3O4S/c1-21-14(19)8-22-11-4-2-3-10(5-11)7-17-15(20)12-9-23-13(6-16)18-12/h2-5,9H,6-8,16H2,1H3,(H,17,20). The van der Waals surface area contributed by atoms with Crippen molar-refractivity contribution in [1.82, 2.24) is 10.3 Å². The number of carbonyl (C=O) groups is 2. The Hall–Kier alpha value is -2.45. The minimum absolute atomic E-state index is 0.160. The maximum atomic E-state index is 12.0. The first-order valence-corrected chi connectivity index (χ1v) is 7.71. The fourth-order valence-electron chi connectivity index (χ4n) is 1.73. The van der Waals surface area contributed by atoms with Gasteiger partial charge in [-0.1, -0.05) is 12.1 Å². The van der Waals surface area contributed by atoms with Crippen molar-refractivity contribution in [2.24, 2.45) is 5.73 Å². The summed E-state index contributed by atoms with van der Waals surface area (Å²) >= 11 is 1.35. The Morgan fingerprint density at radius 1 is 1.39 bits per heavy atom. The number of carbonyl (C=O) groups excluding carboxylic acids is 2. The van der Waals surface area contributed by atoms with Crippen molar-refractivity contribution >= 4 is 23.2 Å². The summed E-state index contributed by atoms with van der Waals surface area (Å²) in [5.74, 6) is -0.189. The molecule has 0 spiro atoms. The largest absolute Gasteiger partial charge is 0.482 e. The molecule has 0 saturated carbocycles. The first-order valence-electron chi connectivity index (χ1n) is 6.83. The number of rotatable bonds is 7. The fourth-order valence-corrected chi connectivity index (χ4v) is 2.38. The SMILES string of the molecule is COC(=O)COc1cccc(CNC(=O)c2csc(CN)n2)c1. The van der Waals surface area contributed by atoms with Crippen LogP contribution in [-0.4, -0.2) is 30.6 Å². The average Bonchev–Trinajstić information content (AvgIpc) is 3.07. The maximum absolute atomic E-state index is 12.0. The van der Waals surface area contributed by atoms with Crippen molar-refractivity contribution in [2.45, 2.75) is 13.1 Å². The Morgan fingerprint density at radius 3 is 2.91 bits per heavy atom. The van der Waals surface area contributed by atoms with Crippen LogP contribution in [-0.2, 0) is 22.6 Å². The molecule has 0 unspecified atom stereocenters. The second kappa shape index (κ2) is 8.25. The van der Waals surface area contributed by atoms with Crippen molar-refractivity contribution < 1.29 is 19.1 Å². The first kappa shape index (κ1) is 16.9. The summed E-state index contributed by atoms with van der Waals surface area (Å²) in [4.78, 5) is 27.2. The van der Waals surface area contributed by atoms with Gasteiger partial charge in [0.25, 0.3) is 5.91 Å². The smallest absolute Gasteiger partial charge is 0.343 e. The Bertz CT molecular complexity index is 687. The van der Waals surface area contributed by atoms with Gasteiger partial charge in [0, 0.05) is 18.5 Å². The molecule has 7 nitrogen and oxygen atoms in total. The summed E-state index contributed by atoms with van der Waals surface area (Å²) < 4.78 is 9.80. The molecule has 2 rings (SSSR count). The minimum atomic E-state index is -0.456. The van der Waals surface area contributed by atoms with Crippen LogP contribution < -0.4 is 15.8 Å². The van der Waals surface area contributed by atoms with Crippen molar-refractivity contribution in [3.05, 3.63) is 45.9 Å². The average molecular weight is 335 g/mol. The van der Waals surface area contributed by atoms with E-state index >= 15 is 0 Å². The zero-order chi connectivity index (χ0) is 16.7. The van der Waals surface area contributed by atoms with Crippen molar-refractivity contribution in [3.8, 4) is 5.75 Å². The number of amides is 1. The summed E-state index contributed by atoms with van der Waals surface area (Å²) in [6.07, 6.45) is 0. The predicted octanol–water partition coefficient (Wildman–Crippen LogP) is 1.08. The third kappa shape index (κ3) is 5.04. The lowest BCUT2D eigenvalue weighted by Crippen LogP contribution is -2.23. The number of thiazole rings is 1. The maximum Gasteiger partial charge on any atom is 0.343 e. The van der Waals surface area contributed by atoms with Crippen LogP contribution in [0.1, 0.15) is 21.1 Å². The molecule has 0 saturated heterocycles. The van der Waals surface area contributed by atoms with Gasteiger partial charge in [-0.3, -0.25) is 4.79 Å². The Kier molecular flexibility index (Phi) is 6.07. The molecular weight excluding hydrogens is 318 g/mol. The van der Waals surface area contributed by atoms with E-state index in [1.54, 1.807) is 23.6 Å². The molecule has 0 aliphatic carbocycles. The van der Waals surface area contributed by atoms with E-state index in [1.165, 1.54) is 18.4 Å². The highest BCUT2D eigenvalue weighted by molar-refractivity contribution is 7.09. The molecule has 1 aromatic heterocycles. The van der Waals surface area contributed by atoms with Crippen molar-refractivity contribution in [1.29, 1.82) is 0 Å².